The van der Waals surface area contributed by atoms with Gasteiger partial charge in [0.25, 0.3) is 0 Å². The first kappa shape index (κ1) is 13.2. The summed E-state index contributed by atoms with van der Waals surface area (Å²) < 4.78 is 25.8. The molecule has 19 heavy (non-hydrogen) atoms. The molecule has 0 fully saturated rings. The van der Waals surface area contributed by atoms with E-state index in [0.29, 0.717) is 9.92 Å². The molecule has 0 saturated heterocycles. The van der Waals surface area contributed by atoms with Crippen LogP contribution in [0.2, 0.25) is 0 Å². The van der Waals surface area contributed by atoms with Crippen LogP contribution in [0.1, 0.15) is 5.69 Å². The quantitative estimate of drug-likeness (QED) is 0.389. The minimum atomic E-state index is -0.925. The van der Waals surface area contributed by atoms with E-state index in [9.17, 15) is 8.78 Å². The van der Waals surface area contributed by atoms with Crippen LogP contribution in [-0.2, 0) is 0 Å². The van der Waals surface area contributed by atoms with Crippen LogP contribution >= 0.6 is 11.8 Å². The number of amidine groups is 1. The van der Waals surface area contributed by atoms with Gasteiger partial charge in [0, 0.05) is 4.90 Å². The predicted octanol–water partition coefficient (Wildman–Crippen LogP) is 2.00. The van der Waals surface area contributed by atoms with E-state index in [0.717, 1.165) is 23.9 Å². The molecule has 0 saturated carbocycles. The smallest absolute Gasteiger partial charge is 0.190 e. The second kappa shape index (κ2) is 5.61. The highest BCUT2D eigenvalue weighted by molar-refractivity contribution is 7.99. The lowest BCUT2D eigenvalue weighted by Gasteiger charge is -2.02. The van der Waals surface area contributed by atoms with Crippen LogP contribution < -0.4 is 5.73 Å². The highest BCUT2D eigenvalue weighted by atomic mass is 32.2. The van der Waals surface area contributed by atoms with E-state index in [4.69, 9.17) is 10.9 Å². The van der Waals surface area contributed by atoms with E-state index in [1.54, 1.807) is 0 Å². The van der Waals surface area contributed by atoms with Gasteiger partial charge < -0.3 is 10.9 Å². The lowest BCUT2D eigenvalue weighted by Crippen LogP contribution is -2.15. The van der Waals surface area contributed by atoms with Crippen molar-refractivity contribution in [3.05, 3.63) is 47.9 Å². The van der Waals surface area contributed by atoms with Crippen LogP contribution in [-0.4, -0.2) is 21.0 Å². The van der Waals surface area contributed by atoms with Gasteiger partial charge in [0.2, 0.25) is 0 Å². The number of nitrogens with two attached hydrogens (primary N) is 1. The highest BCUT2D eigenvalue weighted by Crippen LogP contribution is 2.26. The second-order valence-electron chi connectivity index (χ2n) is 3.40. The van der Waals surface area contributed by atoms with Crippen LogP contribution in [0.5, 0.6) is 0 Å². The molecular weight excluding hydrogens is 274 g/mol. The first-order valence-corrected chi connectivity index (χ1v) is 5.84. The minimum Gasteiger partial charge on any atom is -0.409 e. The summed E-state index contributed by atoms with van der Waals surface area (Å²) in [5.41, 5.74) is 5.55. The van der Waals surface area contributed by atoms with Gasteiger partial charge in [0.1, 0.15) is 10.7 Å². The summed E-state index contributed by atoms with van der Waals surface area (Å²) in [6, 6.07) is 3.54. The van der Waals surface area contributed by atoms with Crippen molar-refractivity contribution in [2.75, 3.05) is 0 Å². The number of oxime groups is 1. The third kappa shape index (κ3) is 3.16. The Morgan fingerprint density at radius 2 is 2.00 bits per heavy atom. The number of nitrogens with zero attached hydrogens (tertiary/aromatic N) is 3. The molecular formula is C11H8F2N4OS. The predicted molar refractivity (Wildman–Crippen MR) is 65.0 cm³/mol. The average molecular weight is 282 g/mol. The Morgan fingerprint density at radius 1 is 1.21 bits per heavy atom. The second-order valence-corrected chi connectivity index (χ2v) is 4.50. The maximum atomic E-state index is 13.0. The summed E-state index contributed by atoms with van der Waals surface area (Å²) in [5, 5.41) is 11.7. The Kier molecular flexibility index (Phi) is 3.91. The van der Waals surface area contributed by atoms with E-state index < -0.39 is 11.6 Å². The summed E-state index contributed by atoms with van der Waals surface area (Å²) in [4.78, 5) is 8.42. The van der Waals surface area contributed by atoms with Crippen molar-refractivity contribution in [3.8, 4) is 0 Å². The SMILES string of the molecule is NC(=NO)c1cnc(Sc2ccc(F)c(F)c2)cn1. The Morgan fingerprint density at radius 3 is 2.58 bits per heavy atom. The standard InChI is InChI=1S/C11H8F2N4OS/c12-7-2-1-6(3-8(7)13)19-10-5-15-9(4-16-10)11(14)17-18/h1-5,18H,(H2,14,17). The molecule has 0 aliphatic carbocycles. The molecule has 98 valence electrons. The highest BCUT2D eigenvalue weighted by Gasteiger charge is 2.06. The molecule has 2 aromatic rings. The van der Waals surface area contributed by atoms with Gasteiger partial charge in [0.05, 0.1) is 12.4 Å². The summed E-state index contributed by atoms with van der Waals surface area (Å²) in [6.07, 6.45) is 2.70. The normalized spacial score (nSPS) is 11.6. The number of halogens is 2. The first-order chi connectivity index (χ1) is 9.10. The third-order valence-electron chi connectivity index (χ3n) is 2.11. The summed E-state index contributed by atoms with van der Waals surface area (Å²) in [7, 11) is 0. The molecule has 0 atom stereocenters. The fourth-order valence-corrected chi connectivity index (χ4v) is 1.96. The molecule has 1 aromatic heterocycles. The number of hydrogen-bond acceptors (Lipinski definition) is 5. The topological polar surface area (TPSA) is 84.4 Å². The number of rotatable bonds is 3. The summed E-state index contributed by atoms with van der Waals surface area (Å²) in [5.74, 6) is -1.99. The molecule has 0 amide bonds. The van der Waals surface area contributed by atoms with Gasteiger partial charge in [-0.05, 0) is 18.2 Å². The molecule has 2 rings (SSSR count). The molecule has 0 aliphatic heterocycles. The zero-order valence-electron chi connectivity index (χ0n) is 9.42. The lowest BCUT2D eigenvalue weighted by molar-refractivity contribution is 0.318. The van der Waals surface area contributed by atoms with Crippen LogP contribution in [0, 0.1) is 11.6 Å². The van der Waals surface area contributed by atoms with Gasteiger partial charge >= 0.3 is 0 Å². The molecule has 0 bridgehead atoms. The fraction of sp³-hybridized carbons (Fsp3) is 0. The van der Waals surface area contributed by atoms with E-state index in [2.05, 4.69) is 15.1 Å². The maximum absolute atomic E-state index is 13.0. The van der Waals surface area contributed by atoms with Gasteiger partial charge in [-0.2, -0.15) is 0 Å². The molecule has 3 N–H and O–H groups in total. The van der Waals surface area contributed by atoms with Gasteiger partial charge in [-0.25, -0.2) is 18.7 Å². The number of benzene rings is 1. The van der Waals surface area contributed by atoms with Crippen molar-refractivity contribution in [2.24, 2.45) is 10.9 Å². The molecule has 1 aromatic carbocycles. The molecule has 0 unspecified atom stereocenters. The fourth-order valence-electron chi connectivity index (χ4n) is 1.21. The zero-order valence-corrected chi connectivity index (χ0v) is 10.2. The van der Waals surface area contributed by atoms with Crippen molar-refractivity contribution in [1.29, 1.82) is 0 Å². The number of hydrogen-bond donors (Lipinski definition) is 2. The van der Waals surface area contributed by atoms with Crippen molar-refractivity contribution < 1.29 is 14.0 Å². The molecule has 0 spiro atoms. The van der Waals surface area contributed by atoms with Crippen molar-refractivity contribution in [3.63, 3.8) is 0 Å². The summed E-state index contributed by atoms with van der Waals surface area (Å²) >= 11 is 1.12. The van der Waals surface area contributed by atoms with E-state index in [1.807, 2.05) is 0 Å². The molecule has 1 heterocycles. The van der Waals surface area contributed by atoms with Crippen LogP contribution in [0.4, 0.5) is 8.78 Å². The molecule has 8 heteroatoms. The average Bonchev–Trinajstić information content (AvgIpc) is 2.43. The van der Waals surface area contributed by atoms with Crippen molar-refractivity contribution in [2.45, 2.75) is 9.92 Å². The van der Waals surface area contributed by atoms with Gasteiger partial charge in [0.15, 0.2) is 17.5 Å². The summed E-state index contributed by atoms with van der Waals surface area (Å²) in [6.45, 7) is 0. The largest absolute Gasteiger partial charge is 0.409 e. The Bertz CT molecular complexity index is 619. The molecule has 0 radical (unpaired) electrons. The van der Waals surface area contributed by atoms with Crippen LogP contribution in [0.25, 0.3) is 0 Å². The minimum absolute atomic E-state index is 0.156. The Labute approximate surface area is 111 Å². The van der Waals surface area contributed by atoms with Crippen LogP contribution in [0.3, 0.4) is 0 Å². The zero-order chi connectivity index (χ0) is 13.8. The van der Waals surface area contributed by atoms with Gasteiger partial charge in [-0.3, -0.25) is 0 Å². The first-order valence-electron chi connectivity index (χ1n) is 5.03. The lowest BCUT2D eigenvalue weighted by atomic mass is 10.3. The van der Waals surface area contributed by atoms with Gasteiger partial charge in [-0.1, -0.05) is 16.9 Å². The Hall–Kier alpha value is -2.22. The van der Waals surface area contributed by atoms with Gasteiger partial charge in [-0.15, -0.1) is 0 Å². The van der Waals surface area contributed by atoms with Crippen molar-refractivity contribution >= 4 is 17.6 Å². The van der Waals surface area contributed by atoms with E-state index >= 15 is 0 Å². The van der Waals surface area contributed by atoms with Crippen LogP contribution in [0.15, 0.2) is 45.7 Å². The molecule has 5 nitrogen and oxygen atoms in total. The molecule has 0 aliphatic rings. The maximum Gasteiger partial charge on any atom is 0.190 e. The third-order valence-corrected chi connectivity index (χ3v) is 3.02. The van der Waals surface area contributed by atoms with Crippen molar-refractivity contribution in [1.82, 2.24) is 9.97 Å². The monoisotopic (exact) mass is 282 g/mol. The van der Waals surface area contributed by atoms with E-state index in [1.165, 1.54) is 18.5 Å². The van der Waals surface area contributed by atoms with E-state index in [-0.39, 0.29) is 11.5 Å². The number of aromatic nitrogens is 2. The Balaban J connectivity index is 2.17.